The Hall–Kier alpha value is -2.50. The summed E-state index contributed by atoms with van der Waals surface area (Å²) in [7, 11) is 0. The third-order valence-corrected chi connectivity index (χ3v) is 5.18. The average molecular weight is 372 g/mol. The summed E-state index contributed by atoms with van der Waals surface area (Å²) >= 11 is 0. The molecule has 1 fully saturated rings. The van der Waals surface area contributed by atoms with Crippen molar-refractivity contribution in [3.05, 3.63) is 41.1 Å². The fraction of sp³-hybridized carbons (Fsp3) is 0.524. The van der Waals surface area contributed by atoms with E-state index >= 15 is 0 Å². The van der Waals surface area contributed by atoms with Crippen LogP contribution in [0.25, 0.3) is 0 Å². The largest absolute Gasteiger partial charge is 0.494 e. The third-order valence-electron chi connectivity index (χ3n) is 5.18. The number of esters is 1. The van der Waals surface area contributed by atoms with Gasteiger partial charge in [0.05, 0.1) is 18.2 Å². The molecular weight excluding hydrogens is 344 g/mol. The van der Waals surface area contributed by atoms with Crippen LogP contribution in [0.4, 0.5) is 4.79 Å². The van der Waals surface area contributed by atoms with E-state index in [-0.39, 0.29) is 18.1 Å². The number of allylic oxidation sites excluding steroid dienone is 1. The Morgan fingerprint density at radius 3 is 2.63 bits per heavy atom. The Balaban J connectivity index is 1.81. The predicted molar refractivity (Wildman–Crippen MR) is 102 cm³/mol. The van der Waals surface area contributed by atoms with Crippen molar-refractivity contribution in [3.8, 4) is 5.75 Å². The molecule has 0 aromatic heterocycles. The van der Waals surface area contributed by atoms with Crippen LogP contribution in [0, 0.1) is 5.92 Å². The summed E-state index contributed by atoms with van der Waals surface area (Å²) in [6.45, 7) is 6.43. The van der Waals surface area contributed by atoms with Crippen molar-refractivity contribution in [1.82, 2.24) is 10.6 Å². The standard InChI is InChI=1S/C21H28N2O4/c1-4-26-16-10-8-15(9-11-16)19-18(14(3)22-21(25)23-19)20(24)27-17-7-5-6-13(2)12-17/h8-11,13,17,19H,4-7,12H2,1-3H3,(H2,22,23,25)/t13-,17+,19+/m1/s1. The summed E-state index contributed by atoms with van der Waals surface area (Å²) in [5.41, 5.74) is 1.81. The smallest absolute Gasteiger partial charge is 0.338 e. The van der Waals surface area contributed by atoms with E-state index in [9.17, 15) is 9.59 Å². The minimum absolute atomic E-state index is 0.0554. The number of hydrogen-bond acceptors (Lipinski definition) is 4. The number of carbonyl (C=O) groups is 2. The fourth-order valence-corrected chi connectivity index (χ4v) is 3.84. The molecule has 0 radical (unpaired) electrons. The summed E-state index contributed by atoms with van der Waals surface area (Å²) in [4.78, 5) is 24.9. The molecule has 146 valence electrons. The quantitative estimate of drug-likeness (QED) is 0.770. The molecule has 1 aliphatic carbocycles. The van der Waals surface area contributed by atoms with Crippen LogP contribution >= 0.6 is 0 Å². The van der Waals surface area contributed by atoms with Crippen molar-refractivity contribution < 1.29 is 19.1 Å². The molecule has 2 N–H and O–H groups in total. The van der Waals surface area contributed by atoms with E-state index in [0.29, 0.717) is 23.8 Å². The molecule has 1 aromatic carbocycles. The van der Waals surface area contributed by atoms with Crippen molar-refractivity contribution in [2.45, 2.75) is 58.6 Å². The van der Waals surface area contributed by atoms with Crippen LogP contribution in [0.1, 0.15) is 58.1 Å². The SMILES string of the molecule is CCOc1ccc([C@@H]2NC(=O)NC(C)=C2C(=O)O[C@H]2CCC[C@@H](C)C2)cc1. The van der Waals surface area contributed by atoms with E-state index in [1.165, 1.54) is 6.42 Å². The van der Waals surface area contributed by atoms with Crippen molar-refractivity contribution in [1.29, 1.82) is 0 Å². The number of carbonyl (C=O) groups excluding carboxylic acids is 2. The van der Waals surface area contributed by atoms with Crippen LogP contribution in [0.2, 0.25) is 0 Å². The second-order valence-electron chi connectivity index (χ2n) is 7.37. The molecule has 0 bridgehead atoms. The molecule has 1 aromatic rings. The Morgan fingerprint density at radius 2 is 1.96 bits per heavy atom. The lowest BCUT2D eigenvalue weighted by atomic mass is 9.88. The number of hydrogen-bond donors (Lipinski definition) is 2. The second kappa shape index (κ2) is 8.46. The van der Waals surface area contributed by atoms with Gasteiger partial charge in [-0.25, -0.2) is 9.59 Å². The highest BCUT2D eigenvalue weighted by Gasteiger charge is 2.34. The maximum absolute atomic E-state index is 12.9. The van der Waals surface area contributed by atoms with Crippen molar-refractivity contribution in [2.24, 2.45) is 5.92 Å². The number of urea groups is 1. The summed E-state index contributed by atoms with van der Waals surface area (Å²) < 4.78 is 11.3. The maximum atomic E-state index is 12.9. The van der Waals surface area contributed by atoms with Gasteiger partial charge in [0.1, 0.15) is 11.9 Å². The molecule has 1 saturated carbocycles. The molecule has 1 heterocycles. The Kier molecular flexibility index (Phi) is 6.04. The number of amides is 2. The molecule has 3 atom stereocenters. The predicted octanol–water partition coefficient (Wildman–Crippen LogP) is 3.84. The first-order valence-corrected chi connectivity index (χ1v) is 9.70. The molecule has 27 heavy (non-hydrogen) atoms. The van der Waals surface area contributed by atoms with Gasteiger partial charge >= 0.3 is 12.0 Å². The Morgan fingerprint density at radius 1 is 1.22 bits per heavy atom. The van der Waals surface area contributed by atoms with Crippen LogP contribution < -0.4 is 15.4 Å². The zero-order valence-electron chi connectivity index (χ0n) is 16.2. The highest BCUT2D eigenvalue weighted by Crippen LogP contribution is 2.31. The number of rotatable bonds is 5. The van der Waals surface area contributed by atoms with Crippen LogP contribution in [0.3, 0.4) is 0 Å². The maximum Gasteiger partial charge on any atom is 0.338 e. The highest BCUT2D eigenvalue weighted by molar-refractivity contribution is 5.95. The van der Waals surface area contributed by atoms with E-state index in [1.807, 2.05) is 31.2 Å². The lowest BCUT2D eigenvalue weighted by Crippen LogP contribution is -2.45. The molecule has 6 heteroatoms. The summed E-state index contributed by atoms with van der Waals surface area (Å²) in [6, 6.07) is 6.55. The molecule has 0 spiro atoms. The second-order valence-corrected chi connectivity index (χ2v) is 7.37. The molecule has 0 saturated heterocycles. The normalized spacial score (nSPS) is 25.4. The molecule has 2 amide bonds. The first-order chi connectivity index (χ1) is 13.0. The Bertz CT molecular complexity index is 726. The van der Waals surface area contributed by atoms with Gasteiger partial charge in [-0.15, -0.1) is 0 Å². The van der Waals surface area contributed by atoms with Crippen molar-refractivity contribution in [2.75, 3.05) is 6.61 Å². The summed E-state index contributed by atoms with van der Waals surface area (Å²) in [6.07, 6.45) is 4.00. The lowest BCUT2D eigenvalue weighted by Gasteiger charge is -2.31. The molecule has 2 aliphatic rings. The van der Waals surface area contributed by atoms with Gasteiger partial charge in [-0.05, 0) is 56.7 Å². The van der Waals surface area contributed by atoms with Crippen molar-refractivity contribution >= 4 is 12.0 Å². The summed E-state index contributed by atoms with van der Waals surface area (Å²) in [5, 5.41) is 5.53. The van der Waals surface area contributed by atoms with Gasteiger partial charge in [-0.3, -0.25) is 0 Å². The monoisotopic (exact) mass is 372 g/mol. The third kappa shape index (κ3) is 4.62. The zero-order valence-corrected chi connectivity index (χ0v) is 16.2. The minimum atomic E-state index is -0.539. The average Bonchev–Trinajstić information content (AvgIpc) is 2.62. The lowest BCUT2D eigenvalue weighted by molar-refractivity contribution is -0.146. The van der Waals surface area contributed by atoms with Gasteiger partial charge in [0.15, 0.2) is 0 Å². The molecule has 3 rings (SSSR count). The first-order valence-electron chi connectivity index (χ1n) is 9.70. The highest BCUT2D eigenvalue weighted by atomic mass is 16.5. The number of ether oxygens (including phenoxy) is 2. The number of nitrogens with one attached hydrogen (secondary N) is 2. The van der Waals surface area contributed by atoms with Gasteiger partial charge in [-0.1, -0.05) is 25.5 Å². The fourth-order valence-electron chi connectivity index (χ4n) is 3.84. The van der Waals surface area contributed by atoms with Gasteiger partial charge < -0.3 is 20.1 Å². The van der Waals surface area contributed by atoms with E-state index in [4.69, 9.17) is 9.47 Å². The van der Waals surface area contributed by atoms with Gasteiger partial charge in [0.25, 0.3) is 0 Å². The topological polar surface area (TPSA) is 76.7 Å². The summed E-state index contributed by atoms with van der Waals surface area (Å²) in [5.74, 6) is 0.957. The van der Waals surface area contributed by atoms with Crippen LogP contribution in [-0.4, -0.2) is 24.7 Å². The van der Waals surface area contributed by atoms with E-state index < -0.39 is 6.04 Å². The van der Waals surface area contributed by atoms with Crippen molar-refractivity contribution in [3.63, 3.8) is 0 Å². The van der Waals surface area contributed by atoms with Gasteiger partial charge in [-0.2, -0.15) is 0 Å². The number of benzene rings is 1. The van der Waals surface area contributed by atoms with Crippen LogP contribution in [0.5, 0.6) is 5.75 Å². The van der Waals surface area contributed by atoms with Gasteiger partial charge in [0.2, 0.25) is 0 Å². The van der Waals surface area contributed by atoms with Crippen LogP contribution in [-0.2, 0) is 9.53 Å². The molecule has 6 nitrogen and oxygen atoms in total. The molecule has 0 unspecified atom stereocenters. The van der Waals surface area contributed by atoms with E-state index in [1.54, 1.807) is 6.92 Å². The van der Waals surface area contributed by atoms with Crippen LogP contribution in [0.15, 0.2) is 35.5 Å². The minimum Gasteiger partial charge on any atom is -0.494 e. The zero-order chi connectivity index (χ0) is 19.4. The van der Waals surface area contributed by atoms with E-state index in [0.717, 1.165) is 30.6 Å². The molecular formula is C21H28N2O4. The Labute approximate surface area is 160 Å². The molecule has 1 aliphatic heterocycles. The first kappa shape index (κ1) is 19.3. The van der Waals surface area contributed by atoms with Gasteiger partial charge in [0, 0.05) is 5.70 Å². The van der Waals surface area contributed by atoms with E-state index in [2.05, 4.69) is 17.6 Å².